The Kier molecular flexibility index (Phi) is 4.82. The molecule has 1 aliphatic rings. The lowest BCUT2D eigenvalue weighted by molar-refractivity contribution is 0.0932. The van der Waals surface area contributed by atoms with Crippen molar-refractivity contribution in [3.8, 4) is 11.3 Å². The molecule has 136 valence electrons. The lowest BCUT2D eigenvalue weighted by Gasteiger charge is -2.26. The van der Waals surface area contributed by atoms with Gasteiger partial charge in [-0.25, -0.2) is 0 Å². The SMILES string of the molecule is Nc1ccc(Cl)cc1-c1cc(C(=O)N[C@H]2CCCc3ccccc32)ccn1. The number of nitrogens with two attached hydrogens (primary N) is 1. The summed E-state index contributed by atoms with van der Waals surface area (Å²) in [6.45, 7) is 0. The fraction of sp³-hybridized carbons (Fsp3) is 0.182. The molecular weight excluding hydrogens is 358 g/mol. The molecule has 3 aromatic rings. The van der Waals surface area contributed by atoms with E-state index in [-0.39, 0.29) is 11.9 Å². The second kappa shape index (κ2) is 7.41. The van der Waals surface area contributed by atoms with E-state index in [9.17, 15) is 4.79 Å². The number of pyridine rings is 1. The van der Waals surface area contributed by atoms with Crippen LogP contribution in [0.25, 0.3) is 11.3 Å². The molecule has 4 nitrogen and oxygen atoms in total. The van der Waals surface area contributed by atoms with Crippen molar-refractivity contribution in [3.05, 3.63) is 82.5 Å². The molecule has 1 aromatic heterocycles. The number of nitrogens with one attached hydrogen (secondary N) is 1. The van der Waals surface area contributed by atoms with Crippen molar-refractivity contribution in [2.45, 2.75) is 25.3 Å². The highest BCUT2D eigenvalue weighted by Gasteiger charge is 2.22. The first kappa shape index (κ1) is 17.6. The van der Waals surface area contributed by atoms with Crippen LogP contribution in [0.2, 0.25) is 5.02 Å². The molecule has 2 aromatic carbocycles. The number of rotatable bonds is 3. The summed E-state index contributed by atoms with van der Waals surface area (Å²) in [6, 6.07) is 17.1. The van der Waals surface area contributed by atoms with Gasteiger partial charge in [-0.15, -0.1) is 0 Å². The minimum atomic E-state index is -0.110. The van der Waals surface area contributed by atoms with Gasteiger partial charge < -0.3 is 11.1 Å². The largest absolute Gasteiger partial charge is 0.398 e. The molecule has 27 heavy (non-hydrogen) atoms. The van der Waals surface area contributed by atoms with Crippen molar-refractivity contribution in [2.24, 2.45) is 0 Å². The molecule has 0 spiro atoms. The third-order valence-electron chi connectivity index (χ3n) is 4.99. The van der Waals surface area contributed by atoms with Crippen LogP contribution in [0.15, 0.2) is 60.8 Å². The number of amides is 1. The second-order valence-corrected chi connectivity index (χ2v) is 7.21. The molecular formula is C22H20ClN3O. The predicted octanol–water partition coefficient (Wildman–Crippen LogP) is 4.79. The topological polar surface area (TPSA) is 68.0 Å². The van der Waals surface area contributed by atoms with Gasteiger partial charge in [0.25, 0.3) is 5.91 Å². The molecule has 5 heteroatoms. The number of nitrogen functional groups attached to an aromatic ring is 1. The third-order valence-corrected chi connectivity index (χ3v) is 5.22. The molecule has 1 atom stereocenters. The number of nitrogens with zero attached hydrogens (tertiary/aromatic N) is 1. The van der Waals surface area contributed by atoms with Crippen molar-refractivity contribution < 1.29 is 4.79 Å². The summed E-state index contributed by atoms with van der Waals surface area (Å²) in [4.78, 5) is 17.2. The van der Waals surface area contributed by atoms with Crippen LogP contribution in [0, 0.1) is 0 Å². The molecule has 0 aliphatic heterocycles. The van der Waals surface area contributed by atoms with Crippen LogP contribution < -0.4 is 11.1 Å². The maximum absolute atomic E-state index is 12.9. The number of carbonyl (C=O) groups excluding carboxylic acids is 1. The van der Waals surface area contributed by atoms with Crippen molar-refractivity contribution in [1.29, 1.82) is 0 Å². The summed E-state index contributed by atoms with van der Waals surface area (Å²) >= 11 is 6.08. The van der Waals surface area contributed by atoms with Gasteiger partial charge in [-0.1, -0.05) is 35.9 Å². The number of benzene rings is 2. The van der Waals surface area contributed by atoms with Gasteiger partial charge in [0.05, 0.1) is 11.7 Å². The monoisotopic (exact) mass is 377 g/mol. The Labute approximate surface area is 163 Å². The first-order valence-corrected chi connectivity index (χ1v) is 9.40. The fourth-order valence-corrected chi connectivity index (χ4v) is 3.79. The Morgan fingerprint density at radius 3 is 2.89 bits per heavy atom. The Morgan fingerprint density at radius 2 is 2.00 bits per heavy atom. The van der Waals surface area contributed by atoms with Gasteiger partial charge in [0.1, 0.15) is 0 Å². The molecule has 4 rings (SSSR count). The minimum absolute atomic E-state index is 0.0373. The lowest BCUT2D eigenvalue weighted by atomic mass is 9.87. The second-order valence-electron chi connectivity index (χ2n) is 6.78. The number of carbonyl (C=O) groups is 1. The Bertz CT molecular complexity index is 1000. The molecule has 0 saturated carbocycles. The van der Waals surface area contributed by atoms with Crippen LogP contribution in [0.1, 0.15) is 40.4 Å². The maximum atomic E-state index is 12.9. The number of fused-ring (bicyclic) bond motifs is 1. The van der Waals surface area contributed by atoms with Crippen molar-refractivity contribution >= 4 is 23.2 Å². The molecule has 1 heterocycles. The van der Waals surface area contributed by atoms with E-state index in [1.165, 1.54) is 11.1 Å². The van der Waals surface area contributed by atoms with Crippen molar-refractivity contribution in [3.63, 3.8) is 0 Å². The van der Waals surface area contributed by atoms with E-state index in [0.717, 1.165) is 24.8 Å². The van der Waals surface area contributed by atoms with Crippen LogP contribution in [-0.2, 0) is 6.42 Å². The summed E-state index contributed by atoms with van der Waals surface area (Å²) in [6.07, 6.45) is 4.71. The van der Waals surface area contributed by atoms with E-state index in [4.69, 9.17) is 17.3 Å². The first-order chi connectivity index (χ1) is 13.1. The van der Waals surface area contributed by atoms with E-state index in [2.05, 4.69) is 22.4 Å². The van der Waals surface area contributed by atoms with E-state index >= 15 is 0 Å². The number of hydrogen-bond acceptors (Lipinski definition) is 3. The molecule has 0 unspecified atom stereocenters. The van der Waals surface area contributed by atoms with Gasteiger partial charge in [-0.05, 0) is 60.7 Å². The zero-order valence-corrected chi connectivity index (χ0v) is 15.5. The molecule has 0 bridgehead atoms. The normalized spacial score (nSPS) is 15.8. The quantitative estimate of drug-likeness (QED) is 0.644. The van der Waals surface area contributed by atoms with Crippen LogP contribution >= 0.6 is 11.6 Å². The molecule has 0 radical (unpaired) electrons. The van der Waals surface area contributed by atoms with Crippen LogP contribution in [-0.4, -0.2) is 10.9 Å². The Hall–Kier alpha value is -2.85. The van der Waals surface area contributed by atoms with E-state index < -0.39 is 0 Å². The standard InChI is InChI=1S/C22H20ClN3O/c23-16-8-9-19(24)18(13-16)21-12-15(10-11-25-21)22(27)26-20-7-3-5-14-4-1-2-6-17(14)20/h1-2,4,6,8-13,20H,3,5,7,24H2,(H,26,27)/t20-/m0/s1. The van der Waals surface area contributed by atoms with Gasteiger partial charge >= 0.3 is 0 Å². The van der Waals surface area contributed by atoms with E-state index in [1.807, 2.05) is 12.1 Å². The Morgan fingerprint density at radius 1 is 1.15 bits per heavy atom. The summed E-state index contributed by atoms with van der Waals surface area (Å²) in [5.74, 6) is -0.110. The van der Waals surface area contributed by atoms with Gasteiger partial charge in [-0.2, -0.15) is 0 Å². The van der Waals surface area contributed by atoms with Gasteiger partial charge in [0, 0.05) is 28.0 Å². The predicted molar refractivity (Wildman–Crippen MR) is 109 cm³/mol. The number of hydrogen-bond donors (Lipinski definition) is 2. The number of aryl methyl sites for hydroxylation is 1. The third kappa shape index (κ3) is 3.67. The van der Waals surface area contributed by atoms with E-state index in [0.29, 0.717) is 22.0 Å². The highest BCUT2D eigenvalue weighted by Crippen LogP contribution is 2.30. The number of aromatic nitrogens is 1. The minimum Gasteiger partial charge on any atom is -0.398 e. The molecule has 1 aliphatic carbocycles. The summed E-state index contributed by atoms with van der Waals surface area (Å²) in [7, 11) is 0. The van der Waals surface area contributed by atoms with E-state index in [1.54, 1.807) is 36.5 Å². The highest BCUT2D eigenvalue weighted by molar-refractivity contribution is 6.31. The molecule has 0 fully saturated rings. The van der Waals surface area contributed by atoms with Gasteiger partial charge in [0.15, 0.2) is 0 Å². The Balaban J connectivity index is 1.60. The first-order valence-electron chi connectivity index (χ1n) is 9.02. The van der Waals surface area contributed by atoms with Crippen LogP contribution in [0.3, 0.4) is 0 Å². The zero-order valence-electron chi connectivity index (χ0n) is 14.8. The molecule has 3 N–H and O–H groups in total. The van der Waals surface area contributed by atoms with Gasteiger partial charge in [-0.3, -0.25) is 9.78 Å². The molecule has 0 saturated heterocycles. The zero-order chi connectivity index (χ0) is 18.8. The average Bonchev–Trinajstić information content (AvgIpc) is 2.70. The van der Waals surface area contributed by atoms with Crippen molar-refractivity contribution in [2.75, 3.05) is 5.73 Å². The lowest BCUT2D eigenvalue weighted by Crippen LogP contribution is -2.31. The van der Waals surface area contributed by atoms with Crippen LogP contribution in [0.4, 0.5) is 5.69 Å². The van der Waals surface area contributed by atoms with Gasteiger partial charge in [0.2, 0.25) is 0 Å². The molecule has 1 amide bonds. The number of halogens is 1. The maximum Gasteiger partial charge on any atom is 0.251 e. The summed E-state index contributed by atoms with van der Waals surface area (Å²) < 4.78 is 0. The number of anilines is 1. The summed E-state index contributed by atoms with van der Waals surface area (Å²) in [5.41, 5.74) is 11.1. The smallest absolute Gasteiger partial charge is 0.251 e. The highest BCUT2D eigenvalue weighted by atomic mass is 35.5. The van der Waals surface area contributed by atoms with Crippen molar-refractivity contribution in [1.82, 2.24) is 10.3 Å². The van der Waals surface area contributed by atoms with Crippen LogP contribution in [0.5, 0.6) is 0 Å². The summed E-state index contributed by atoms with van der Waals surface area (Å²) in [5, 5.41) is 3.75. The fourth-order valence-electron chi connectivity index (χ4n) is 3.61. The average molecular weight is 378 g/mol.